The van der Waals surface area contributed by atoms with E-state index in [2.05, 4.69) is 84.6 Å². The van der Waals surface area contributed by atoms with Gasteiger partial charge in [0.25, 0.3) is 0 Å². The number of nitrogens with zero attached hydrogens (tertiary/aromatic N) is 1. The van der Waals surface area contributed by atoms with Crippen LogP contribution in [0.25, 0.3) is 10.9 Å². The predicted octanol–water partition coefficient (Wildman–Crippen LogP) is 7.23. The van der Waals surface area contributed by atoms with Gasteiger partial charge in [0.15, 0.2) is 0 Å². The minimum atomic E-state index is 0.200. The minimum Gasteiger partial charge on any atom is -0.506 e. The number of nitrogens with one attached hydrogen (secondary N) is 1. The Balaban J connectivity index is 1.55. The molecule has 0 saturated heterocycles. The molecule has 6 heteroatoms. The molecule has 1 heterocycles. The molecule has 0 spiro atoms. The molecule has 0 bridgehead atoms. The number of pyridine rings is 1. The summed E-state index contributed by atoms with van der Waals surface area (Å²) in [4.78, 5) is 6.81. The van der Waals surface area contributed by atoms with E-state index in [9.17, 15) is 5.11 Å². The number of fused-ring (bicyclic) bond motifs is 1. The summed E-state index contributed by atoms with van der Waals surface area (Å²) in [6, 6.07) is 22.5. The van der Waals surface area contributed by atoms with E-state index < -0.39 is 0 Å². The summed E-state index contributed by atoms with van der Waals surface area (Å²) < 4.78 is 1.30. The van der Waals surface area contributed by atoms with Crippen LogP contribution in [-0.2, 0) is 6.54 Å². The lowest BCUT2D eigenvalue weighted by atomic mass is 10.2. The maximum atomic E-state index is 9.87. The fraction of sp³-hybridized carbons (Fsp3) is 0.0455. The molecular formula is C22H16Br2N2OS. The van der Waals surface area contributed by atoms with Gasteiger partial charge in [-0.1, -0.05) is 42.1 Å². The second-order valence-corrected chi connectivity index (χ2v) is 9.03. The normalized spacial score (nSPS) is 10.9. The van der Waals surface area contributed by atoms with Gasteiger partial charge in [-0.05, 0) is 73.8 Å². The fourth-order valence-electron chi connectivity index (χ4n) is 2.85. The van der Waals surface area contributed by atoms with Crippen molar-refractivity contribution in [2.24, 2.45) is 0 Å². The quantitative estimate of drug-likeness (QED) is 0.275. The van der Waals surface area contributed by atoms with Crippen LogP contribution in [0.1, 0.15) is 5.56 Å². The molecule has 0 atom stereocenters. The van der Waals surface area contributed by atoms with E-state index in [-0.39, 0.29) is 5.75 Å². The highest BCUT2D eigenvalue weighted by Crippen LogP contribution is 2.36. The highest BCUT2D eigenvalue weighted by molar-refractivity contribution is 9.11. The van der Waals surface area contributed by atoms with Crippen LogP contribution < -0.4 is 5.32 Å². The van der Waals surface area contributed by atoms with Crippen LogP contribution in [0.4, 0.5) is 5.69 Å². The Labute approximate surface area is 184 Å². The van der Waals surface area contributed by atoms with Gasteiger partial charge in [0.05, 0.1) is 14.5 Å². The maximum Gasteiger partial charge on any atom is 0.144 e. The smallest absolute Gasteiger partial charge is 0.144 e. The molecule has 2 N–H and O–H groups in total. The molecule has 0 radical (unpaired) electrons. The van der Waals surface area contributed by atoms with Gasteiger partial charge in [-0.3, -0.25) is 4.98 Å². The number of halogens is 2. The van der Waals surface area contributed by atoms with E-state index in [0.29, 0.717) is 15.5 Å². The number of aromatic hydroxyl groups is 1. The van der Waals surface area contributed by atoms with Crippen molar-refractivity contribution in [3.8, 4) is 5.75 Å². The molecule has 0 saturated carbocycles. The monoisotopic (exact) mass is 514 g/mol. The standard InChI is InChI=1S/C22H16Br2N2OS/c23-18-10-16(11-19(24)22(18)27)26-13-15-4-1-2-6-21(15)28-17-8-7-14-5-3-9-25-20(14)12-17/h1-12,26-27H,13H2. The molecule has 1 aromatic heterocycles. The Morgan fingerprint density at radius 2 is 1.71 bits per heavy atom. The van der Waals surface area contributed by atoms with Crippen molar-refractivity contribution >= 4 is 60.2 Å². The van der Waals surface area contributed by atoms with E-state index >= 15 is 0 Å². The van der Waals surface area contributed by atoms with Crippen molar-refractivity contribution in [2.75, 3.05) is 5.32 Å². The summed E-state index contributed by atoms with van der Waals surface area (Å²) in [5.74, 6) is 0.200. The van der Waals surface area contributed by atoms with Crippen molar-refractivity contribution in [3.63, 3.8) is 0 Å². The van der Waals surface area contributed by atoms with Gasteiger partial charge in [0, 0.05) is 33.6 Å². The number of anilines is 1. The highest BCUT2D eigenvalue weighted by atomic mass is 79.9. The average Bonchev–Trinajstić information content (AvgIpc) is 2.71. The van der Waals surface area contributed by atoms with Gasteiger partial charge in [-0.15, -0.1) is 0 Å². The number of benzene rings is 3. The molecular weight excluding hydrogens is 500 g/mol. The molecule has 3 aromatic carbocycles. The van der Waals surface area contributed by atoms with E-state index in [1.54, 1.807) is 11.8 Å². The third-order valence-electron chi connectivity index (χ3n) is 4.28. The molecule has 4 rings (SSSR count). The van der Waals surface area contributed by atoms with Gasteiger partial charge in [0.1, 0.15) is 5.75 Å². The Morgan fingerprint density at radius 1 is 0.929 bits per heavy atom. The van der Waals surface area contributed by atoms with Gasteiger partial charge in [-0.25, -0.2) is 0 Å². The summed E-state index contributed by atoms with van der Waals surface area (Å²) in [5, 5.41) is 14.4. The van der Waals surface area contributed by atoms with Gasteiger partial charge >= 0.3 is 0 Å². The van der Waals surface area contributed by atoms with E-state index in [1.165, 1.54) is 10.5 Å². The first-order valence-electron chi connectivity index (χ1n) is 8.62. The fourth-order valence-corrected chi connectivity index (χ4v) is 5.02. The molecule has 28 heavy (non-hydrogen) atoms. The Bertz CT molecular complexity index is 1130. The molecule has 140 valence electrons. The van der Waals surface area contributed by atoms with E-state index in [0.717, 1.165) is 21.5 Å². The van der Waals surface area contributed by atoms with E-state index in [4.69, 9.17) is 0 Å². The van der Waals surface area contributed by atoms with Crippen molar-refractivity contribution in [1.29, 1.82) is 0 Å². The van der Waals surface area contributed by atoms with E-state index in [1.807, 2.05) is 30.5 Å². The zero-order chi connectivity index (χ0) is 19.5. The van der Waals surface area contributed by atoms with Crippen LogP contribution in [0.2, 0.25) is 0 Å². The van der Waals surface area contributed by atoms with Crippen LogP contribution in [0.15, 0.2) is 91.7 Å². The lowest BCUT2D eigenvalue weighted by Crippen LogP contribution is -2.01. The second-order valence-electron chi connectivity index (χ2n) is 6.21. The lowest BCUT2D eigenvalue weighted by Gasteiger charge is -2.13. The number of phenolic OH excluding ortho intramolecular Hbond substituents is 1. The average molecular weight is 516 g/mol. The number of hydrogen-bond acceptors (Lipinski definition) is 4. The summed E-state index contributed by atoms with van der Waals surface area (Å²) in [6.07, 6.45) is 1.82. The third-order valence-corrected chi connectivity index (χ3v) is 6.59. The van der Waals surface area contributed by atoms with Crippen LogP contribution in [0.5, 0.6) is 5.75 Å². The van der Waals surface area contributed by atoms with Crippen molar-refractivity contribution in [1.82, 2.24) is 4.98 Å². The molecule has 3 nitrogen and oxygen atoms in total. The molecule has 0 aliphatic heterocycles. The highest BCUT2D eigenvalue weighted by Gasteiger charge is 2.08. The molecule has 0 aliphatic carbocycles. The Kier molecular flexibility index (Phi) is 5.90. The third kappa shape index (κ3) is 4.35. The summed E-state index contributed by atoms with van der Waals surface area (Å²) in [7, 11) is 0. The maximum absolute atomic E-state index is 9.87. The first-order chi connectivity index (χ1) is 13.6. The lowest BCUT2D eigenvalue weighted by molar-refractivity contribution is 0.468. The summed E-state index contributed by atoms with van der Waals surface area (Å²) in [6.45, 7) is 0.679. The summed E-state index contributed by atoms with van der Waals surface area (Å²) in [5.41, 5.74) is 3.13. The SMILES string of the molecule is Oc1c(Br)cc(NCc2ccccc2Sc2ccc3cccnc3c2)cc1Br. The minimum absolute atomic E-state index is 0.200. The molecule has 4 aromatic rings. The number of hydrogen-bond donors (Lipinski definition) is 2. The predicted molar refractivity (Wildman–Crippen MR) is 123 cm³/mol. The number of rotatable bonds is 5. The number of phenols is 1. The number of aromatic nitrogens is 1. The zero-order valence-corrected chi connectivity index (χ0v) is 18.7. The van der Waals surface area contributed by atoms with Crippen LogP contribution >= 0.6 is 43.6 Å². The summed E-state index contributed by atoms with van der Waals surface area (Å²) >= 11 is 8.48. The van der Waals surface area contributed by atoms with Crippen LogP contribution in [0, 0.1) is 0 Å². The van der Waals surface area contributed by atoms with Crippen molar-refractivity contribution in [3.05, 3.63) is 87.4 Å². The molecule has 0 amide bonds. The van der Waals surface area contributed by atoms with Crippen molar-refractivity contribution < 1.29 is 5.11 Å². The largest absolute Gasteiger partial charge is 0.506 e. The molecule has 0 aliphatic rings. The van der Waals surface area contributed by atoms with Crippen LogP contribution in [0.3, 0.4) is 0 Å². The Morgan fingerprint density at radius 3 is 2.54 bits per heavy atom. The first-order valence-corrected chi connectivity index (χ1v) is 11.0. The van der Waals surface area contributed by atoms with Gasteiger partial charge in [0.2, 0.25) is 0 Å². The van der Waals surface area contributed by atoms with Crippen LogP contribution in [-0.4, -0.2) is 10.1 Å². The second kappa shape index (κ2) is 8.55. The molecule has 0 fully saturated rings. The Hall–Kier alpha value is -2.02. The zero-order valence-electron chi connectivity index (χ0n) is 14.7. The first kappa shape index (κ1) is 19.3. The van der Waals surface area contributed by atoms with Crippen molar-refractivity contribution in [2.45, 2.75) is 16.3 Å². The topological polar surface area (TPSA) is 45.1 Å². The van der Waals surface area contributed by atoms with Gasteiger partial charge in [-0.2, -0.15) is 0 Å². The molecule has 0 unspecified atom stereocenters. The van der Waals surface area contributed by atoms with Gasteiger partial charge < -0.3 is 10.4 Å².